The number of benzene rings is 3. The molecule has 0 atom stereocenters. The average molecular weight is 524 g/mol. The number of thiazole rings is 1. The number of hydrogen-bond donors (Lipinski definition) is 2. The number of nitrogens with zero attached hydrogens (tertiary/aromatic N) is 1. The quantitative estimate of drug-likeness (QED) is 0.291. The number of ether oxygens (including phenoxy) is 2. The zero-order valence-corrected chi connectivity index (χ0v) is 21.4. The van der Waals surface area contributed by atoms with Gasteiger partial charge in [0.15, 0.2) is 6.61 Å². The standard InChI is InChI=1S/C26H25N3O5S2/c1-3-33-22-9-7-20(8-10-22)29-36(31,32)24-13-11-23(12-14-24)34-16-26(30)28-21-6-4-5-19(15-21)25-17-35-18(2)27-25/h4-15,17,29H,3,16H2,1-2H3,(H,28,30). The number of carbonyl (C=O) groups is 1. The Labute approximate surface area is 214 Å². The van der Waals surface area contributed by atoms with Crippen LogP contribution in [0.3, 0.4) is 0 Å². The highest BCUT2D eigenvalue weighted by molar-refractivity contribution is 7.92. The summed E-state index contributed by atoms with van der Waals surface area (Å²) in [4.78, 5) is 16.9. The minimum Gasteiger partial charge on any atom is -0.494 e. The molecule has 4 rings (SSSR count). The number of aromatic nitrogens is 1. The SMILES string of the molecule is CCOc1ccc(NS(=O)(=O)c2ccc(OCC(=O)Nc3cccc(-c4csc(C)n4)c3)cc2)cc1. The van der Waals surface area contributed by atoms with Gasteiger partial charge in [0.25, 0.3) is 15.9 Å². The Bertz CT molecular complexity index is 1430. The fourth-order valence-corrected chi connectivity index (χ4v) is 4.99. The zero-order valence-electron chi connectivity index (χ0n) is 19.7. The van der Waals surface area contributed by atoms with Crippen LogP contribution < -0.4 is 19.5 Å². The monoisotopic (exact) mass is 523 g/mol. The summed E-state index contributed by atoms with van der Waals surface area (Å²) in [7, 11) is -3.78. The molecular formula is C26H25N3O5S2. The Morgan fingerprint density at radius 1 is 0.944 bits per heavy atom. The van der Waals surface area contributed by atoms with Crippen molar-refractivity contribution in [2.75, 3.05) is 23.3 Å². The smallest absolute Gasteiger partial charge is 0.262 e. The van der Waals surface area contributed by atoms with Crippen molar-refractivity contribution in [2.24, 2.45) is 0 Å². The molecule has 2 N–H and O–H groups in total. The molecule has 1 amide bonds. The fourth-order valence-electron chi connectivity index (χ4n) is 3.31. The fraction of sp³-hybridized carbons (Fsp3) is 0.154. The highest BCUT2D eigenvalue weighted by atomic mass is 32.2. The summed E-state index contributed by atoms with van der Waals surface area (Å²) in [5, 5.41) is 5.74. The molecule has 0 aliphatic heterocycles. The Hall–Kier alpha value is -3.89. The summed E-state index contributed by atoms with van der Waals surface area (Å²) in [6.45, 7) is 4.12. The van der Waals surface area contributed by atoms with Crippen LogP contribution in [0.1, 0.15) is 11.9 Å². The van der Waals surface area contributed by atoms with Crippen LogP contribution in [0.15, 0.2) is 83.1 Å². The molecule has 36 heavy (non-hydrogen) atoms. The lowest BCUT2D eigenvalue weighted by Gasteiger charge is -2.11. The first-order valence-electron chi connectivity index (χ1n) is 11.1. The Kier molecular flexibility index (Phi) is 7.87. The van der Waals surface area contributed by atoms with Crippen molar-refractivity contribution < 1.29 is 22.7 Å². The number of hydrogen-bond acceptors (Lipinski definition) is 7. The van der Waals surface area contributed by atoms with E-state index in [1.807, 2.05) is 37.4 Å². The van der Waals surface area contributed by atoms with Gasteiger partial charge in [0.05, 0.1) is 22.2 Å². The summed E-state index contributed by atoms with van der Waals surface area (Å²) < 4.78 is 38.8. The van der Waals surface area contributed by atoms with E-state index >= 15 is 0 Å². The van der Waals surface area contributed by atoms with Crippen LogP contribution in [0.2, 0.25) is 0 Å². The molecule has 0 bridgehead atoms. The van der Waals surface area contributed by atoms with Gasteiger partial charge < -0.3 is 14.8 Å². The number of rotatable bonds is 10. The molecule has 0 fully saturated rings. The van der Waals surface area contributed by atoms with Crippen molar-refractivity contribution in [2.45, 2.75) is 18.7 Å². The van der Waals surface area contributed by atoms with E-state index in [1.165, 1.54) is 24.3 Å². The van der Waals surface area contributed by atoms with E-state index in [9.17, 15) is 13.2 Å². The van der Waals surface area contributed by atoms with Gasteiger partial charge in [0.1, 0.15) is 11.5 Å². The van der Waals surface area contributed by atoms with Crippen molar-refractivity contribution in [1.82, 2.24) is 4.98 Å². The second-order valence-electron chi connectivity index (χ2n) is 7.70. The van der Waals surface area contributed by atoms with E-state index in [0.29, 0.717) is 29.5 Å². The molecule has 8 nitrogen and oxygen atoms in total. The maximum absolute atomic E-state index is 12.7. The normalized spacial score (nSPS) is 11.1. The minimum absolute atomic E-state index is 0.0716. The first kappa shape index (κ1) is 25.2. The molecular weight excluding hydrogens is 498 g/mol. The number of aryl methyl sites for hydroxylation is 1. The van der Waals surface area contributed by atoms with Gasteiger partial charge >= 0.3 is 0 Å². The van der Waals surface area contributed by atoms with Crippen LogP contribution in [0.4, 0.5) is 11.4 Å². The summed E-state index contributed by atoms with van der Waals surface area (Å²) in [5.41, 5.74) is 2.82. The highest BCUT2D eigenvalue weighted by Gasteiger charge is 2.15. The van der Waals surface area contributed by atoms with Crippen molar-refractivity contribution in [3.63, 3.8) is 0 Å². The topological polar surface area (TPSA) is 107 Å². The molecule has 0 aliphatic carbocycles. The highest BCUT2D eigenvalue weighted by Crippen LogP contribution is 2.25. The largest absolute Gasteiger partial charge is 0.494 e. The third-order valence-corrected chi connectivity index (χ3v) is 7.15. The Morgan fingerprint density at radius 2 is 1.64 bits per heavy atom. The van der Waals surface area contributed by atoms with Gasteiger partial charge in [0, 0.05) is 22.3 Å². The molecule has 0 aliphatic rings. The zero-order chi connectivity index (χ0) is 25.5. The molecule has 1 aromatic heterocycles. The number of sulfonamides is 1. The van der Waals surface area contributed by atoms with E-state index in [4.69, 9.17) is 9.47 Å². The van der Waals surface area contributed by atoms with Gasteiger partial charge in [-0.2, -0.15) is 0 Å². The van der Waals surface area contributed by atoms with Gasteiger partial charge in [-0.3, -0.25) is 9.52 Å². The molecule has 186 valence electrons. The first-order chi connectivity index (χ1) is 17.3. The minimum atomic E-state index is -3.78. The lowest BCUT2D eigenvalue weighted by atomic mass is 10.1. The number of anilines is 2. The van der Waals surface area contributed by atoms with E-state index in [0.717, 1.165) is 16.3 Å². The van der Waals surface area contributed by atoms with Crippen LogP contribution in [-0.2, 0) is 14.8 Å². The molecule has 0 saturated heterocycles. The number of carbonyl (C=O) groups excluding carboxylic acids is 1. The van der Waals surface area contributed by atoms with Crippen molar-refractivity contribution in [1.29, 1.82) is 0 Å². The molecule has 0 saturated carbocycles. The predicted octanol–water partition coefficient (Wildman–Crippen LogP) is 5.34. The maximum Gasteiger partial charge on any atom is 0.262 e. The molecule has 0 spiro atoms. The van der Waals surface area contributed by atoms with Crippen LogP contribution >= 0.6 is 11.3 Å². The molecule has 0 unspecified atom stereocenters. The molecule has 4 aromatic rings. The van der Waals surface area contributed by atoms with Gasteiger partial charge in [0.2, 0.25) is 0 Å². The van der Waals surface area contributed by atoms with E-state index in [2.05, 4.69) is 15.0 Å². The molecule has 1 heterocycles. The average Bonchev–Trinajstić information content (AvgIpc) is 3.31. The van der Waals surface area contributed by atoms with E-state index in [1.54, 1.807) is 41.7 Å². The number of nitrogens with one attached hydrogen (secondary N) is 2. The van der Waals surface area contributed by atoms with Crippen LogP contribution in [-0.4, -0.2) is 32.5 Å². The summed E-state index contributed by atoms with van der Waals surface area (Å²) in [6, 6.07) is 19.9. The van der Waals surface area contributed by atoms with Crippen molar-refractivity contribution in [3.8, 4) is 22.8 Å². The third-order valence-electron chi connectivity index (χ3n) is 4.98. The van der Waals surface area contributed by atoms with E-state index < -0.39 is 10.0 Å². The van der Waals surface area contributed by atoms with Gasteiger partial charge in [-0.05, 0) is 74.5 Å². The summed E-state index contributed by atoms with van der Waals surface area (Å²) >= 11 is 1.56. The van der Waals surface area contributed by atoms with Crippen LogP contribution in [0.25, 0.3) is 11.3 Å². The summed E-state index contributed by atoms with van der Waals surface area (Å²) in [5.74, 6) is 0.695. The molecule has 3 aromatic carbocycles. The predicted molar refractivity (Wildman–Crippen MR) is 141 cm³/mol. The number of amides is 1. The summed E-state index contributed by atoms with van der Waals surface area (Å²) in [6.07, 6.45) is 0. The second kappa shape index (κ2) is 11.2. The van der Waals surface area contributed by atoms with Gasteiger partial charge in [-0.25, -0.2) is 13.4 Å². The molecule has 10 heteroatoms. The van der Waals surface area contributed by atoms with Crippen molar-refractivity contribution >= 4 is 38.6 Å². The third kappa shape index (κ3) is 6.61. The van der Waals surface area contributed by atoms with Crippen LogP contribution in [0, 0.1) is 6.92 Å². The van der Waals surface area contributed by atoms with E-state index in [-0.39, 0.29) is 17.4 Å². The Morgan fingerprint density at radius 3 is 2.31 bits per heavy atom. The van der Waals surface area contributed by atoms with Crippen molar-refractivity contribution in [3.05, 3.63) is 83.2 Å². The first-order valence-corrected chi connectivity index (χ1v) is 13.5. The maximum atomic E-state index is 12.7. The lowest BCUT2D eigenvalue weighted by molar-refractivity contribution is -0.118. The molecule has 0 radical (unpaired) electrons. The van der Waals surface area contributed by atoms with Gasteiger partial charge in [-0.1, -0.05) is 12.1 Å². The van der Waals surface area contributed by atoms with Gasteiger partial charge in [-0.15, -0.1) is 11.3 Å². The van der Waals surface area contributed by atoms with Crippen LogP contribution in [0.5, 0.6) is 11.5 Å². The Balaban J connectivity index is 1.32. The lowest BCUT2D eigenvalue weighted by Crippen LogP contribution is -2.20. The second-order valence-corrected chi connectivity index (χ2v) is 10.4.